The number of benzene rings is 1. The van der Waals surface area contributed by atoms with E-state index in [1.165, 1.54) is 6.20 Å². The second-order valence-corrected chi connectivity index (χ2v) is 6.59. The number of anilines is 2. The van der Waals surface area contributed by atoms with E-state index >= 15 is 0 Å². The minimum Gasteiger partial charge on any atom is -0.331 e. The van der Waals surface area contributed by atoms with Crippen LogP contribution < -0.4 is 10.6 Å². The zero-order chi connectivity index (χ0) is 21.6. The molecule has 31 heavy (non-hydrogen) atoms. The molecular formula is C22H19N7O2. The second-order valence-electron chi connectivity index (χ2n) is 6.59. The molecule has 0 aliphatic carbocycles. The summed E-state index contributed by atoms with van der Waals surface area (Å²) in [6.45, 7) is 2.05. The number of para-hydroxylation sites is 1. The molecule has 0 fully saturated rings. The average molecular weight is 413 g/mol. The number of amides is 2. The summed E-state index contributed by atoms with van der Waals surface area (Å²) in [5.41, 5.74) is 2.13. The van der Waals surface area contributed by atoms with Gasteiger partial charge in [-0.1, -0.05) is 25.0 Å². The molecule has 0 radical (unpaired) electrons. The first-order chi connectivity index (χ1) is 15.1. The van der Waals surface area contributed by atoms with Gasteiger partial charge in [-0.15, -0.1) is 0 Å². The van der Waals surface area contributed by atoms with Gasteiger partial charge in [0, 0.05) is 18.8 Å². The van der Waals surface area contributed by atoms with Gasteiger partial charge < -0.3 is 9.97 Å². The highest BCUT2D eigenvalue weighted by molar-refractivity contribution is 6.11. The molecule has 1 aromatic carbocycles. The number of rotatable bonds is 5. The number of nitrogens with zero attached hydrogens (tertiary/aromatic N) is 3. The lowest BCUT2D eigenvalue weighted by Crippen LogP contribution is -2.15. The molecule has 0 saturated heterocycles. The second kappa shape index (κ2) is 8.92. The van der Waals surface area contributed by atoms with Crippen LogP contribution in [0.15, 0.2) is 48.8 Å². The van der Waals surface area contributed by atoms with Gasteiger partial charge in [-0.2, -0.15) is 0 Å². The van der Waals surface area contributed by atoms with Gasteiger partial charge in [-0.05, 0) is 36.6 Å². The fourth-order valence-electron chi connectivity index (χ4n) is 2.86. The predicted molar refractivity (Wildman–Crippen MR) is 117 cm³/mol. The van der Waals surface area contributed by atoms with Crippen LogP contribution in [0.25, 0.3) is 11.0 Å². The van der Waals surface area contributed by atoms with Crippen molar-refractivity contribution < 1.29 is 9.59 Å². The summed E-state index contributed by atoms with van der Waals surface area (Å²) in [4.78, 5) is 43.7. The molecule has 0 bridgehead atoms. The summed E-state index contributed by atoms with van der Waals surface area (Å²) >= 11 is 0. The van der Waals surface area contributed by atoms with Crippen molar-refractivity contribution in [1.82, 2.24) is 24.9 Å². The third-order valence-electron chi connectivity index (χ3n) is 4.29. The lowest BCUT2D eigenvalue weighted by atomic mass is 10.2. The van der Waals surface area contributed by atoms with Crippen LogP contribution in [0.2, 0.25) is 0 Å². The number of pyridine rings is 1. The standard InChI is InChI=1S/C22H19N7O2/c1-2-3-4-7-14-8-5-11-17(25-14)20(31)29-22-26-16-10-6-9-15(18(16)27-22)19(30)28-21-23-12-13-24-21/h5-6,8-13H,2-3H2,1H3,(H2,23,24,28,30)(H2,26,27,29,31). The maximum Gasteiger partial charge on any atom is 0.276 e. The van der Waals surface area contributed by atoms with Gasteiger partial charge in [-0.25, -0.2) is 15.0 Å². The molecular weight excluding hydrogens is 394 g/mol. The molecule has 0 saturated carbocycles. The number of hydrogen-bond acceptors (Lipinski definition) is 5. The van der Waals surface area contributed by atoms with Crippen LogP contribution in [0, 0.1) is 11.8 Å². The number of carbonyl (C=O) groups excluding carboxylic acids is 2. The monoisotopic (exact) mass is 413 g/mol. The van der Waals surface area contributed by atoms with Crippen LogP contribution in [0.5, 0.6) is 0 Å². The number of aromatic amines is 2. The fraction of sp³-hybridized carbons (Fsp3) is 0.136. The van der Waals surface area contributed by atoms with E-state index in [4.69, 9.17) is 0 Å². The Hall–Kier alpha value is -4.45. The van der Waals surface area contributed by atoms with Crippen molar-refractivity contribution in [3.8, 4) is 11.8 Å². The number of H-pyrrole nitrogens is 2. The molecule has 4 aromatic rings. The quantitative estimate of drug-likeness (QED) is 0.373. The van der Waals surface area contributed by atoms with Crippen LogP contribution in [-0.2, 0) is 0 Å². The molecule has 0 spiro atoms. The normalized spacial score (nSPS) is 10.4. The highest BCUT2D eigenvalue weighted by Gasteiger charge is 2.16. The maximum atomic E-state index is 12.6. The Morgan fingerprint density at radius 2 is 1.87 bits per heavy atom. The lowest BCUT2D eigenvalue weighted by molar-refractivity contribution is 0.101. The van der Waals surface area contributed by atoms with Gasteiger partial charge >= 0.3 is 0 Å². The smallest absolute Gasteiger partial charge is 0.276 e. The van der Waals surface area contributed by atoms with Crippen molar-refractivity contribution in [2.75, 3.05) is 10.6 Å². The fourth-order valence-corrected chi connectivity index (χ4v) is 2.86. The van der Waals surface area contributed by atoms with E-state index in [0.29, 0.717) is 28.2 Å². The molecule has 0 aliphatic rings. The molecule has 0 aliphatic heterocycles. The van der Waals surface area contributed by atoms with Gasteiger partial charge in [-0.3, -0.25) is 20.2 Å². The van der Waals surface area contributed by atoms with Crippen molar-refractivity contribution in [1.29, 1.82) is 0 Å². The molecule has 0 unspecified atom stereocenters. The van der Waals surface area contributed by atoms with E-state index < -0.39 is 5.91 Å². The first-order valence-corrected chi connectivity index (χ1v) is 9.71. The summed E-state index contributed by atoms with van der Waals surface area (Å²) < 4.78 is 0. The molecule has 3 aromatic heterocycles. The third-order valence-corrected chi connectivity index (χ3v) is 4.29. The highest BCUT2D eigenvalue weighted by atomic mass is 16.2. The zero-order valence-electron chi connectivity index (χ0n) is 16.7. The molecule has 4 rings (SSSR count). The summed E-state index contributed by atoms with van der Waals surface area (Å²) in [6.07, 6.45) is 4.88. The van der Waals surface area contributed by atoms with Crippen molar-refractivity contribution in [3.05, 3.63) is 65.7 Å². The van der Waals surface area contributed by atoms with Gasteiger partial charge in [0.05, 0.1) is 11.1 Å². The number of hydrogen-bond donors (Lipinski definition) is 4. The van der Waals surface area contributed by atoms with Crippen LogP contribution in [0.4, 0.5) is 11.9 Å². The number of fused-ring (bicyclic) bond motifs is 1. The Kier molecular flexibility index (Phi) is 5.71. The van der Waals surface area contributed by atoms with Gasteiger partial charge in [0.2, 0.25) is 11.9 Å². The topological polar surface area (TPSA) is 128 Å². The molecule has 154 valence electrons. The van der Waals surface area contributed by atoms with Crippen LogP contribution in [0.1, 0.15) is 46.3 Å². The molecule has 9 nitrogen and oxygen atoms in total. The van der Waals surface area contributed by atoms with Crippen molar-refractivity contribution >= 4 is 34.7 Å². The zero-order valence-corrected chi connectivity index (χ0v) is 16.7. The van der Waals surface area contributed by atoms with Gasteiger partial charge in [0.1, 0.15) is 16.9 Å². The lowest BCUT2D eigenvalue weighted by Gasteiger charge is -2.02. The SMILES string of the molecule is CCCC#Cc1cccc(C(=O)Nc2nc3c(C(=O)Nc4ncc[nH]4)cccc3[nH]2)n1. The van der Waals surface area contributed by atoms with Gasteiger partial charge in [0.15, 0.2) is 0 Å². The Morgan fingerprint density at radius 3 is 2.68 bits per heavy atom. The molecule has 0 atom stereocenters. The van der Waals surface area contributed by atoms with E-state index in [2.05, 4.69) is 47.4 Å². The Balaban J connectivity index is 1.54. The number of carbonyl (C=O) groups is 2. The van der Waals surface area contributed by atoms with Crippen molar-refractivity contribution in [3.63, 3.8) is 0 Å². The van der Waals surface area contributed by atoms with Crippen LogP contribution in [-0.4, -0.2) is 36.7 Å². The van der Waals surface area contributed by atoms with E-state index in [9.17, 15) is 9.59 Å². The average Bonchev–Trinajstić information content (AvgIpc) is 3.43. The van der Waals surface area contributed by atoms with Crippen LogP contribution in [0.3, 0.4) is 0 Å². The third kappa shape index (κ3) is 4.59. The van der Waals surface area contributed by atoms with E-state index in [-0.39, 0.29) is 17.5 Å². The Morgan fingerprint density at radius 1 is 1.03 bits per heavy atom. The summed E-state index contributed by atoms with van der Waals surface area (Å²) in [7, 11) is 0. The van der Waals surface area contributed by atoms with Crippen molar-refractivity contribution in [2.24, 2.45) is 0 Å². The van der Waals surface area contributed by atoms with Crippen LogP contribution >= 0.6 is 0 Å². The van der Waals surface area contributed by atoms with E-state index in [1.54, 1.807) is 42.6 Å². The number of aromatic nitrogens is 5. The summed E-state index contributed by atoms with van der Waals surface area (Å²) in [5, 5.41) is 5.35. The Labute approximate surface area is 177 Å². The number of unbranched alkanes of at least 4 members (excludes halogenated alkanes) is 1. The first-order valence-electron chi connectivity index (χ1n) is 9.71. The molecule has 2 amide bonds. The minimum atomic E-state index is -0.431. The molecule has 9 heteroatoms. The maximum absolute atomic E-state index is 12.6. The van der Waals surface area contributed by atoms with Crippen molar-refractivity contribution in [2.45, 2.75) is 19.8 Å². The van der Waals surface area contributed by atoms with E-state index in [0.717, 1.165) is 12.8 Å². The largest absolute Gasteiger partial charge is 0.331 e. The first kappa shape index (κ1) is 19.8. The number of imidazole rings is 2. The summed E-state index contributed by atoms with van der Waals surface area (Å²) in [6, 6.07) is 10.2. The highest BCUT2D eigenvalue weighted by Crippen LogP contribution is 2.20. The van der Waals surface area contributed by atoms with E-state index in [1.807, 2.05) is 6.92 Å². The predicted octanol–water partition coefficient (Wildman–Crippen LogP) is 3.34. The Bertz CT molecular complexity index is 1300. The molecule has 4 N–H and O–H groups in total. The van der Waals surface area contributed by atoms with Gasteiger partial charge in [0.25, 0.3) is 11.8 Å². The molecule has 3 heterocycles. The summed E-state index contributed by atoms with van der Waals surface area (Å²) in [5.74, 6) is 5.70. The minimum absolute atomic E-state index is 0.211. The number of nitrogens with one attached hydrogen (secondary N) is 4.